The molecular weight excluding hydrogens is 156 g/mol. The molecule has 0 N–H and O–H groups in total. The van der Waals surface area contributed by atoms with E-state index in [-0.39, 0.29) is 5.43 Å². The highest BCUT2D eigenvalue weighted by Crippen LogP contribution is 2.26. The van der Waals surface area contributed by atoms with Gasteiger partial charge in [0.25, 0.3) is 0 Å². The molecule has 0 bridgehead atoms. The van der Waals surface area contributed by atoms with Gasteiger partial charge in [-0.1, -0.05) is 18.2 Å². The van der Waals surface area contributed by atoms with Crippen molar-refractivity contribution in [2.75, 3.05) is 5.75 Å². The van der Waals surface area contributed by atoms with E-state index in [2.05, 4.69) is 0 Å². The molecule has 0 unspecified atom stereocenters. The average molecular weight is 164 g/mol. The zero-order valence-corrected chi connectivity index (χ0v) is 6.86. The van der Waals surface area contributed by atoms with Gasteiger partial charge in [0.1, 0.15) is 0 Å². The van der Waals surface area contributed by atoms with E-state index in [9.17, 15) is 4.79 Å². The maximum atomic E-state index is 11.3. The Morgan fingerprint density at radius 3 is 3.00 bits per heavy atom. The number of rotatable bonds is 0. The predicted molar refractivity (Wildman–Crippen MR) is 47.1 cm³/mol. The van der Waals surface area contributed by atoms with Gasteiger partial charge in [0, 0.05) is 5.75 Å². The van der Waals surface area contributed by atoms with Crippen molar-refractivity contribution in [3.63, 3.8) is 0 Å². The molecule has 0 amide bonds. The van der Waals surface area contributed by atoms with Crippen LogP contribution in [0.4, 0.5) is 0 Å². The Balaban J connectivity index is 2.75. The molecule has 0 spiro atoms. The summed E-state index contributed by atoms with van der Waals surface area (Å²) in [4.78, 5) is 12.2. The molecule has 1 aromatic rings. The summed E-state index contributed by atoms with van der Waals surface area (Å²) in [5, 5.41) is 0. The minimum absolute atomic E-state index is 0.174. The maximum absolute atomic E-state index is 11.3. The van der Waals surface area contributed by atoms with Crippen LogP contribution in [0.3, 0.4) is 0 Å². The normalized spacial score (nSPS) is 14.5. The van der Waals surface area contributed by atoms with E-state index in [1.54, 1.807) is 23.9 Å². The monoisotopic (exact) mass is 164 g/mol. The fourth-order valence-corrected chi connectivity index (χ4v) is 2.34. The van der Waals surface area contributed by atoms with Crippen LogP contribution in [0.1, 0.15) is 5.56 Å². The summed E-state index contributed by atoms with van der Waals surface area (Å²) in [5.74, 6) is 1.06. The number of hydrogen-bond acceptors (Lipinski definition) is 2. The van der Waals surface area contributed by atoms with E-state index < -0.39 is 0 Å². The Hall–Kier alpha value is -0.760. The lowest BCUT2D eigenvalue weighted by Crippen LogP contribution is -1.96. The van der Waals surface area contributed by atoms with Crippen LogP contribution in [0.15, 0.2) is 34.0 Å². The van der Waals surface area contributed by atoms with Crippen molar-refractivity contribution in [2.24, 2.45) is 0 Å². The van der Waals surface area contributed by atoms with Crippen molar-refractivity contribution in [1.29, 1.82) is 0 Å². The van der Waals surface area contributed by atoms with Gasteiger partial charge in [-0.3, -0.25) is 4.79 Å². The molecule has 1 heterocycles. The molecule has 1 aliphatic rings. The van der Waals surface area contributed by atoms with Gasteiger partial charge in [0.15, 0.2) is 5.43 Å². The summed E-state index contributed by atoms with van der Waals surface area (Å²) in [5.41, 5.74) is 1.39. The molecule has 1 aromatic carbocycles. The van der Waals surface area contributed by atoms with Gasteiger partial charge < -0.3 is 0 Å². The van der Waals surface area contributed by atoms with E-state index in [4.69, 9.17) is 0 Å². The van der Waals surface area contributed by atoms with Crippen molar-refractivity contribution in [3.8, 4) is 0 Å². The highest BCUT2D eigenvalue weighted by atomic mass is 32.2. The van der Waals surface area contributed by atoms with Crippen molar-refractivity contribution >= 4 is 11.8 Å². The van der Waals surface area contributed by atoms with Crippen molar-refractivity contribution < 1.29 is 0 Å². The molecule has 1 aliphatic heterocycles. The number of hydrogen-bond donors (Lipinski definition) is 0. The van der Waals surface area contributed by atoms with Gasteiger partial charge in [0.2, 0.25) is 0 Å². The number of fused-ring (bicyclic) bond motifs is 1. The molecule has 0 aromatic heterocycles. The third kappa shape index (κ3) is 1.18. The first-order chi connectivity index (χ1) is 5.38. The molecule has 2 heteroatoms. The zero-order valence-electron chi connectivity index (χ0n) is 6.04. The van der Waals surface area contributed by atoms with E-state index >= 15 is 0 Å². The van der Waals surface area contributed by atoms with Gasteiger partial charge in [-0.2, -0.15) is 0 Å². The molecule has 0 radical (unpaired) electrons. The summed E-state index contributed by atoms with van der Waals surface area (Å²) in [6.07, 6.45) is 1.05. The van der Waals surface area contributed by atoms with Crippen molar-refractivity contribution in [2.45, 2.75) is 11.3 Å². The van der Waals surface area contributed by atoms with Crippen LogP contribution in [-0.4, -0.2) is 5.75 Å². The second-order valence-corrected chi connectivity index (χ2v) is 3.64. The van der Waals surface area contributed by atoms with Gasteiger partial charge in [0.05, 0.1) is 4.90 Å². The Morgan fingerprint density at radius 2 is 2.09 bits per heavy atom. The lowest BCUT2D eigenvalue weighted by atomic mass is 10.2. The van der Waals surface area contributed by atoms with Crippen molar-refractivity contribution in [1.82, 2.24) is 0 Å². The van der Waals surface area contributed by atoms with Gasteiger partial charge in [-0.05, 0) is 18.1 Å². The number of aryl methyl sites for hydroxylation is 1. The molecule has 0 aliphatic carbocycles. The standard InChI is InChI=1S/C9H8OS/c10-8-4-2-1-3-7-5-6-11-9(7)8/h1-4H,5-6H2. The molecular formula is C9H8OS. The first-order valence-corrected chi connectivity index (χ1v) is 4.61. The second-order valence-electron chi connectivity index (χ2n) is 2.54. The summed E-state index contributed by atoms with van der Waals surface area (Å²) in [6, 6.07) is 7.42. The fourth-order valence-electron chi connectivity index (χ4n) is 1.25. The molecule has 0 atom stereocenters. The third-order valence-electron chi connectivity index (χ3n) is 1.79. The third-order valence-corrected chi connectivity index (χ3v) is 2.95. The summed E-state index contributed by atoms with van der Waals surface area (Å²) < 4.78 is 0. The quantitative estimate of drug-likeness (QED) is 0.580. The first-order valence-electron chi connectivity index (χ1n) is 3.63. The smallest absolute Gasteiger partial charge is 0.192 e. The minimum atomic E-state index is 0.174. The zero-order chi connectivity index (χ0) is 7.68. The van der Waals surface area contributed by atoms with Gasteiger partial charge >= 0.3 is 0 Å². The van der Waals surface area contributed by atoms with Crippen LogP contribution in [0.5, 0.6) is 0 Å². The molecule has 0 saturated heterocycles. The molecule has 0 saturated carbocycles. The van der Waals surface area contributed by atoms with Crippen LogP contribution in [-0.2, 0) is 6.42 Å². The summed E-state index contributed by atoms with van der Waals surface area (Å²) in [7, 11) is 0. The highest BCUT2D eigenvalue weighted by Gasteiger charge is 2.11. The van der Waals surface area contributed by atoms with Gasteiger partial charge in [-0.15, -0.1) is 11.8 Å². The first kappa shape index (κ1) is 6.92. The fraction of sp³-hybridized carbons (Fsp3) is 0.222. The van der Waals surface area contributed by atoms with E-state index in [1.165, 1.54) is 5.56 Å². The van der Waals surface area contributed by atoms with Crippen LogP contribution >= 0.6 is 11.8 Å². The molecule has 1 nitrogen and oxygen atoms in total. The Bertz CT molecular complexity index is 333. The second kappa shape index (κ2) is 2.70. The molecule has 11 heavy (non-hydrogen) atoms. The predicted octanol–water partition coefficient (Wildman–Crippen LogP) is 1.70. The summed E-state index contributed by atoms with van der Waals surface area (Å²) in [6.45, 7) is 0. The van der Waals surface area contributed by atoms with Gasteiger partial charge in [-0.25, -0.2) is 0 Å². The van der Waals surface area contributed by atoms with Crippen LogP contribution < -0.4 is 5.43 Å². The maximum Gasteiger partial charge on any atom is 0.192 e. The highest BCUT2D eigenvalue weighted by molar-refractivity contribution is 7.99. The van der Waals surface area contributed by atoms with E-state index in [1.807, 2.05) is 12.1 Å². The lowest BCUT2D eigenvalue weighted by Gasteiger charge is -1.85. The van der Waals surface area contributed by atoms with E-state index in [0.717, 1.165) is 17.1 Å². The number of thioether (sulfide) groups is 1. The Kier molecular flexibility index (Phi) is 1.70. The Labute approximate surface area is 69.5 Å². The molecule has 0 fully saturated rings. The largest absolute Gasteiger partial charge is 0.289 e. The van der Waals surface area contributed by atoms with Crippen LogP contribution in [0.25, 0.3) is 0 Å². The van der Waals surface area contributed by atoms with Crippen molar-refractivity contribution in [3.05, 3.63) is 40.1 Å². The summed E-state index contributed by atoms with van der Waals surface area (Å²) >= 11 is 1.68. The van der Waals surface area contributed by atoms with Crippen LogP contribution in [0.2, 0.25) is 0 Å². The van der Waals surface area contributed by atoms with Crippen LogP contribution in [0, 0.1) is 0 Å². The van der Waals surface area contributed by atoms with E-state index in [0.29, 0.717) is 0 Å². The lowest BCUT2D eigenvalue weighted by molar-refractivity contribution is 1.15. The SMILES string of the molecule is O=c1ccccc2c1SCC2. The Morgan fingerprint density at radius 1 is 1.27 bits per heavy atom. The average Bonchev–Trinajstić information content (AvgIpc) is 2.40. The molecule has 56 valence electrons. The minimum Gasteiger partial charge on any atom is -0.289 e. The topological polar surface area (TPSA) is 17.1 Å². The molecule has 2 rings (SSSR count).